The van der Waals surface area contributed by atoms with Crippen molar-refractivity contribution in [2.45, 2.75) is 19.3 Å². The van der Waals surface area contributed by atoms with Gasteiger partial charge < -0.3 is 10.6 Å². The van der Waals surface area contributed by atoms with Crippen molar-refractivity contribution in [2.75, 3.05) is 19.6 Å². The molecule has 0 atom stereocenters. The minimum absolute atomic E-state index is 0.0158. The Labute approximate surface area is 117 Å². The van der Waals surface area contributed by atoms with E-state index in [4.69, 9.17) is 5.73 Å². The fourth-order valence-electron chi connectivity index (χ4n) is 2.48. The molecular weight excluding hydrogens is 259 g/mol. The van der Waals surface area contributed by atoms with Crippen molar-refractivity contribution in [2.24, 2.45) is 11.7 Å². The van der Waals surface area contributed by atoms with Crippen molar-refractivity contribution >= 4 is 11.7 Å². The van der Waals surface area contributed by atoms with Gasteiger partial charge in [-0.1, -0.05) is 0 Å². The summed E-state index contributed by atoms with van der Waals surface area (Å²) in [6.45, 7) is 2.26. The SMILES string of the molecule is NC(=O)C1CCN(CCC(=O)c2ccc(F)cc2)CC1. The third-order valence-electron chi connectivity index (χ3n) is 3.81. The smallest absolute Gasteiger partial charge is 0.220 e. The second-order valence-corrected chi connectivity index (χ2v) is 5.20. The zero-order chi connectivity index (χ0) is 14.5. The van der Waals surface area contributed by atoms with Crippen LogP contribution < -0.4 is 5.73 Å². The molecule has 1 amide bonds. The lowest BCUT2D eigenvalue weighted by Gasteiger charge is -2.30. The third kappa shape index (κ3) is 3.87. The fraction of sp³-hybridized carbons (Fsp3) is 0.467. The number of nitrogens with two attached hydrogens (primary N) is 1. The van der Waals surface area contributed by atoms with Crippen molar-refractivity contribution < 1.29 is 14.0 Å². The summed E-state index contributed by atoms with van der Waals surface area (Å²) in [5.41, 5.74) is 5.82. The number of rotatable bonds is 5. The number of carbonyl (C=O) groups excluding carboxylic acids is 2. The molecule has 1 aromatic carbocycles. The van der Waals surface area contributed by atoms with Gasteiger partial charge in [0.05, 0.1) is 0 Å². The highest BCUT2D eigenvalue weighted by Gasteiger charge is 2.23. The van der Waals surface area contributed by atoms with Gasteiger partial charge in [0.1, 0.15) is 5.82 Å². The lowest BCUT2D eigenvalue weighted by atomic mass is 9.96. The van der Waals surface area contributed by atoms with Crippen LogP contribution in [0.1, 0.15) is 29.6 Å². The Morgan fingerprint density at radius 3 is 2.35 bits per heavy atom. The molecule has 1 saturated heterocycles. The number of ketones is 1. The molecule has 0 saturated carbocycles. The van der Waals surface area contributed by atoms with E-state index in [0.717, 1.165) is 25.9 Å². The highest BCUT2D eigenvalue weighted by molar-refractivity contribution is 5.96. The summed E-state index contributed by atoms with van der Waals surface area (Å²) in [5.74, 6) is -0.580. The van der Waals surface area contributed by atoms with Crippen LogP contribution in [0.3, 0.4) is 0 Å². The Morgan fingerprint density at radius 1 is 1.20 bits per heavy atom. The molecule has 4 nitrogen and oxygen atoms in total. The third-order valence-corrected chi connectivity index (χ3v) is 3.81. The van der Waals surface area contributed by atoms with E-state index >= 15 is 0 Å². The van der Waals surface area contributed by atoms with E-state index in [1.165, 1.54) is 24.3 Å². The van der Waals surface area contributed by atoms with Crippen LogP contribution in [0, 0.1) is 11.7 Å². The van der Waals surface area contributed by atoms with Gasteiger partial charge in [-0.15, -0.1) is 0 Å². The molecule has 1 aliphatic heterocycles. The maximum Gasteiger partial charge on any atom is 0.220 e. The second kappa shape index (κ2) is 6.61. The Hall–Kier alpha value is -1.75. The summed E-state index contributed by atoms with van der Waals surface area (Å²) < 4.78 is 12.8. The first-order chi connectivity index (χ1) is 9.56. The normalized spacial score (nSPS) is 17.1. The molecule has 2 rings (SSSR count). The zero-order valence-electron chi connectivity index (χ0n) is 11.3. The van der Waals surface area contributed by atoms with E-state index in [9.17, 15) is 14.0 Å². The summed E-state index contributed by atoms with van der Waals surface area (Å²) in [6.07, 6.45) is 1.94. The van der Waals surface area contributed by atoms with Crippen LogP contribution in [0.2, 0.25) is 0 Å². The van der Waals surface area contributed by atoms with E-state index in [-0.39, 0.29) is 23.4 Å². The molecule has 1 aromatic rings. The molecule has 0 unspecified atom stereocenters. The van der Waals surface area contributed by atoms with Gasteiger partial charge in [-0.25, -0.2) is 4.39 Å². The van der Waals surface area contributed by atoms with Crippen LogP contribution in [-0.4, -0.2) is 36.2 Å². The van der Waals surface area contributed by atoms with Crippen molar-refractivity contribution in [3.63, 3.8) is 0 Å². The van der Waals surface area contributed by atoms with Crippen molar-refractivity contribution in [1.29, 1.82) is 0 Å². The molecule has 1 heterocycles. The van der Waals surface area contributed by atoms with Crippen molar-refractivity contribution in [1.82, 2.24) is 4.90 Å². The number of hydrogen-bond donors (Lipinski definition) is 1. The Kier molecular flexibility index (Phi) is 4.84. The number of Topliss-reactive ketones (excluding diaryl/α,β-unsaturated/α-hetero) is 1. The number of nitrogens with zero attached hydrogens (tertiary/aromatic N) is 1. The first-order valence-electron chi connectivity index (χ1n) is 6.86. The molecule has 0 aromatic heterocycles. The molecule has 0 radical (unpaired) electrons. The van der Waals surface area contributed by atoms with E-state index in [0.29, 0.717) is 18.5 Å². The van der Waals surface area contributed by atoms with Gasteiger partial charge in [0.15, 0.2) is 5.78 Å². The minimum atomic E-state index is -0.338. The average Bonchev–Trinajstić information content (AvgIpc) is 2.46. The summed E-state index contributed by atoms with van der Waals surface area (Å²) in [4.78, 5) is 25.2. The van der Waals surface area contributed by atoms with Gasteiger partial charge in [-0.05, 0) is 50.2 Å². The molecule has 2 N–H and O–H groups in total. The molecule has 5 heteroatoms. The van der Waals surface area contributed by atoms with Crippen molar-refractivity contribution in [3.8, 4) is 0 Å². The first-order valence-corrected chi connectivity index (χ1v) is 6.86. The molecule has 1 aliphatic rings. The Balaban J connectivity index is 1.77. The number of primary amides is 1. The molecule has 1 fully saturated rings. The number of hydrogen-bond acceptors (Lipinski definition) is 3. The topological polar surface area (TPSA) is 63.4 Å². The standard InChI is InChI=1S/C15H19FN2O2/c16-13-3-1-11(2-4-13)14(19)7-10-18-8-5-12(6-9-18)15(17)20/h1-4,12H,5-10H2,(H2,17,20). The predicted octanol–water partition coefficient (Wildman–Crippen LogP) is 1.60. The van der Waals surface area contributed by atoms with E-state index < -0.39 is 0 Å². The van der Waals surface area contributed by atoms with Gasteiger partial charge >= 0.3 is 0 Å². The minimum Gasteiger partial charge on any atom is -0.369 e. The number of likely N-dealkylation sites (tertiary alicyclic amines) is 1. The van der Waals surface area contributed by atoms with Crippen LogP contribution in [0.5, 0.6) is 0 Å². The van der Waals surface area contributed by atoms with Gasteiger partial charge in [-0.3, -0.25) is 9.59 Å². The van der Waals surface area contributed by atoms with Crippen LogP contribution in [0.4, 0.5) is 4.39 Å². The van der Waals surface area contributed by atoms with E-state index in [2.05, 4.69) is 4.90 Å². The van der Waals surface area contributed by atoms with Crippen molar-refractivity contribution in [3.05, 3.63) is 35.6 Å². The second-order valence-electron chi connectivity index (χ2n) is 5.20. The molecule has 20 heavy (non-hydrogen) atoms. The molecular formula is C15H19FN2O2. The van der Waals surface area contributed by atoms with E-state index in [1.807, 2.05) is 0 Å². The lowest BCUT2D eigenvalue weighted by Crippen LogP contribution is -2.39. The highest BCUT2D eigenvalue weighted by Crippen LogP contribution is 2.17. The number of carbonyl (C=O) groups is 2. The maximum atomic E-state index is 12.8. The predicted molar refractivity (Wildman–Crippen MR) is 73.7 cm³/mol. The summed E-state index contributed by atoms with van der Waals surface area (Å²) >= 11 is 0. The van der Waals surface area contributed by atoms with Crippen LogP contribution in [0.25, 0.3) is 0 Å². The van der Waals surface area contributed by atoms with Gasteiger partial charge in [0.2, 0.25) is 5.91 Å². The average molecular weight is 278 g/mol. The lowest BCUT2D eigenvalue weighted by molar-refractivity contribution is -0.123. The first kappa shape index (κ1) is 14.7. The Bertz CT molecular complexity index is 479. The largest absolute Gasteiger partial charge is 0.369 e. The monoisotopic (exact) mass is 278 g/mol. The summed E-state index contributed by atoms with van der Waals surface area (Å²) in [5, 5.41) is 0. The number of benzene rings is 1. The van der Waals surface area contributed by atoms with E-state index in [1.54, 1.807) is 0 Å². The number of amides is 1. The molecule has 0 aliphatic carbocycles. The molecule has 0 spiro atoms. The van der Waals surface area contributed by atoms with Crippen LogP contribution >= 0.6 is 0 Å². The maximum absolute atomic E-state index is 12.8. The zero-order valence-corrected chi connectivity index (χ0v) is 11.3. The van der Waals surface area contributed by atoms with Gasteiger partial charge in [-0.2, -0.15) is 0 Å². The molecule has 0 bridgehead atoms. The van der Waals surface area contributed by atoms with Crippen LogP contribution in [-0.2, 0) is 4.79 Å². The summed E-state index contributed by atoms with van der Waals surface area (Å²) in [6, 6.07) is 5.62. The van der Waals surface area contributed by atoms with Crippen LogP contribution in [0.15, 0.2) is 24.3 Å². The number of piperidine rings is 1. The number of halogens is 1. The fourth-order valence-corrected chi connectivity index (χ4v) is 2.48. The van der Waals surface area contributed by atoms with Gasteiger partial charge in [0.25, 0.3) is 0 Å². The molecule has 108 valence electrons. The highest BCUT2D eigenvalue weighted by atomic mass is 19.1. The van der Waals surface area contributed by atoms with Gasteiger partial charge in [0, 0.05) is 24.4 Å². The quantitative estimate of drug-likeness (QED) is 0.832. The Morgan fingerprint density at radius 2 is 1.80 bits per heavy atom. The summed E-state index contributed by atoms with van der Waals surface area (Å²) in [7, 11) is 0.